The number of carbonyl (C=O) groups excluding carboxylic acids is 3. The number of imide groups is 1. The number of aromatic hydroxyl groups is 1. The third-order valence-electron chi connectivity index (χ3n) is 5.66. The summed E-state index contributed by atoms with van der Waals surface area (Å²) < 4.78 is 20.4. The van der Waals surface area contributed by atoms with Crippen LogP contribution in [0.15, 0.2) is 42.6 Å². The van der Waals surface area contributed by atoms with Gasteiger partial charge in [0.1, 0.15) is 17.1 Å². The number of nitrogens with one attached hydrogen (secondary N) is 2. The first-order chi connectivity index (χ1) is 15.2. The average Bonchev–Trinajstić information content (AvgIpc) is 3.22. The fourth-order valence-electron chi connectivity index (χ4n) is 3.93. The first kappa shape index (κ1) is 21.2. The molecule has 1 aromatic heterocycles. The van der Waals surface area contributed by atoms with Crippen molar-refractivity contribution in [1.82, 2.24) is 15.2 Å². The highest BCUT2D eigenvalue weighted by Crippen LogP contribution is 2.33. The number of methoxy groups -OCH3 is 1. The Balaban J connectivity index is 1.65. The van der Waals surface area contributed by atoms with Gasteiger partial charge in [-0.25, -0.2) is 9.18 Å². The van der Waals surface area contributed by atoms with Gasteiger partial charge in [0.2, 0.25) is 0 Å². The molecule has 2 heterocycles. The number of aromatic nitrogens is 1. The minimum absolute atomic E-state index is 0.0444. The smallest absolute Gasteiger partial charge is 0.322 e. The van der Waals surface area contributed by atoms with E-state index in [-0.39, 0.29) is 30.8 Å². The molecular formula is C22H21FN4O5. The van der Waals surface area contributed by atoms with Gasteiger partial charge in [0.25, 0.3) is 11.8 Å². The molecule has 4 rings (SSSR count). The number of urea groups is 1. The van der Waals surface area contributed by atoms with Crippen molar-refractivity contribution in [3.8, 4) is 11.6 Å². The molecule has 2 aromatic carbocycles. The van der Waals surface area contributed by atoms with Crippen LogP contribution in [0.1, 0.15) is 22.3 Å². The number of carbonyl (C=O) groups is 3. The fraction of sp³-hybridized carbons (Fsp3) is 0.227. The van der Waals surface area contributed by atoms with E-state index in [0.717, 1.165) is 11.5 Å². The second-order valence-electron chi connectivity index (χ2n) is 7.70. The number of rotatable bonds is 7. The molecule has 0 saturated carbocycles. The summed E-state index contributed by atoms with van der Waals surface area (Å²) in [6, 6.07) is 8.49. The molecule has 5 N–H and O–H groups in total. The number of amides is 4. The van der Waals surface area contributed by atoms with Crippen molar-refractivity contribution in [2.24, 2.45) is 5.73 Å². The maximum Gasteiger partial charge on any atom is 0.322 e. The van der Waals surface area contributed by atoms with Crippen LogP contribution in [0, 0.1) is 5.82 Å². The Morgan fingerprint density at radius 1 is 1.25 bits per heavy atom. The Bertz CT molecular complexity index is 1250. The molecule has 1 aliphatic heterocycles. The molecule has 0 bridgehead atoms. The lowest BCUT2D eigenvalue weighted by Gasteiger charge is -2.27. The topological polar surface area (TPSA) is 136 Å². The summed E-state index contributed by atoms with van der Waals surface area (Å²) in [6.45, 7) is -0.0444. The van der Waals surface area contributed by atoms with E-state index in [2.05, 4.69) is 10.6 Å². The summed E-state index contributed by atoms with van der Waals surface area (Å²) in [4.78, 5) is 36.1. The molecule has 1 saturated heterocycles. The van der Waals surface area contributed by atoms with Gasteiger partial charge in [0.15, 0.2) is 5.88 Å². The summed E-state index contributed by atoms with van der Waals surface area (Å²) in [6.07, 6.45) is 2.04. The lowest BCUT2D eigenvalue weighted by atomic mass is 9.90. The zero-order valence-electron chi connectivity index (χ0n) is 17.1. The molecule has 9 nitrogen and oxygen atoms in total. The number of hydrogen-bond acceptors (Lipinski definition) is 5. The molecule has 1 atom stereocenters. The number of aryl methyl sites for hydroxylation is 1. The van der Waals surface area contributed by atoms with Crippen molar-refractivity contribution in [2.45, 2.75) is 24.9 Å². The zero-order chi connectivity index (χ0) is 23.0. The van der Waals surface area contributed by atoms with Crippen molar-refractivity contribution in [1.29, 1.82) is 0 Å². The highest BCUT2D eigenvalue weighted by molar-refractivity contribution is 6.07. The average molecular weight is 440 g/mol. The van der Waals surface area contributed by atoms with Gasteiger partial charge in [-0.05, 0) is 48.7 Å². The van der Waals surface area contributed by atoms with Crippen molar-refractivity contribution < 1.29 is 28.6 Å². The van der Waals surface area contributed by atoms with Gasteiger partial charge in [-0.3, -0.25) is 14.9 Å². The normalized spacial score (nSPS) is 17.9. The van der Waals surface area contributed by atoms with Gasteiger partial charge in [-0.15, -0.1) is 0 Å². The molecule has 0 spiro atoms. The summed E-state index contributed by atoms with van der Waals surface area (Å²) in [5.41, 5.74) is 4.16. The number of nitrogens with two attached hydrogens (primary N) is 1. The maximum atomic E-state index is 13.8. The first-order valence-electron chi connectivity index (χ1n) is 9.80. The predicted octanol–water partition coefficient (Wildman–Crippen LogP) is 1.80. The molecule has 4 amide bonds. The van der Waals surface area contributed by atoms with Gasteiger partial charge in [0.05, 0.1) is 19.2 Å². The minimum atomic E-state index is -1.37. The van der Waals surface area contributed by atoms with Crippen molar-refractivity contribution in [3.05, 3.63) is 59.5 Å². The van der Waals surface area contributed by atoms with Crippen molar-refractivity contribution >= 4 is 28.6 Å². The first-order valence-corrected chi connectivity index (χ1v) is 9.80. The van der Waals surface area contributed by atoms with E-state index in [1.807, 2.05) is 0 Å². The largest absolute Gasteiger partial charge is 0.497 e. The van der Waals surface area contributed by atoms with Crippen molar-refractivity contribution in [2.75, 3.05) is 7.11 Å². The Morgan fingerprint density at radius 2 is 2.03 bits per heavy atom. The van der Waals surface area contributed by atoms with Gasteiger partial charge in [-0.2, -0.15) is 0 Å². The van der Waals surface area contributed by atoms with E-state index in [1.54, 1.807) is 24.4 Å². The number of ether oxygens (including phenoxy) is 1. The van der Waals surface area contributed by atoms with Crippen LogP contribution in [0.3, 0.4) is 0 Å². The number of nitrogens with zero attached hydrogens (tertiary/aromatic N) is 1. The molecule has 166 valence electrons. The number of primary amides is 1. The molecular weight excluding hydrogens is 419 g/mol. The number of hydrogen-bond donors (Lipinski definition) is 4. The Hall–Kier alpha value is -4.08. The molecule has 0 aliphatic carbocycles. The van der Waals surface area contributed by atoms with E-state index in [1.165, 1.54) is 23.8 Å². The fourth-order valence-corrected chi connectivity index (χ4v) is 3.93. The number of halogens is 1. The lowest BCUT2D eigenvalue weighted by molar-refractivity contribution is -0.124. The van der Waals surface area contributed by atoms with Crippen LogP contribution < -0.4 is 21.1 Å². The van der Waals surface area contributed by atoms with E-state index in [0.29, 0.717) is 16.7 Å². The monoisotopic (exact) mass is 440 g/mol. The van der Waals surface area contributed by atoms with E-state index < -0.39 is 29.2 Å². The van der Waals surface area contributed by atoms with Crippen LogP contribution in [0.4, 0.5) is 9.18 Å². The summed E-state index contributed by atoms with van der Waals surface area (Å²) in [5, 5.41) is 16.9. The van der Waals surface area contributed by atoms with Gasteiger partial charge in [-0.1, -0.05) is 6.07 Å². The summed E-state index contributed by atoms with van der Waals surface area (Å²) in [7, 11) is 1.52. The van der Waals surface area contributed by atoms with Crippen LogP contribution in [-0.2, 0) is 17.8 Å². The minimum Gasteiger partial charge on any atom is -0.497 e. The standard InChI is InChI=1S/C22H21FN4O5/c1-32-14-4-3-13-10-27(19(29)15(13)9-14)11-22(20(30)25-21(31)26-22)7-6-12-2-5-17(23)16(8-12)18(24)28/h2-5,8-10,29H,6-7,11H2,1H3,(H2,24,28)(H2,25,26,30,31)/t22-/m1/s1. The van der Waals surface area contributed by atoms with Gasteiger partial charge in [0, 0.05) is 17.0 Å². The molecule has 3 aromatic rings. The van der Waals surface area contributed by atoms with Crippen LogP contribution in [0.2, 0.25) is 0 Å². The molecule has 1 aliphatic rings. The number of benzene rings is 2. The highest BCUT2D eigenvalue weighted by Gasteiger charge is 2.46. The van der Waals surface area contributed by atoms with Crippen LogP contribution in [-0.4, -0.2) is 40.2 Å². The Labute approximate surface area is 182 Å². The summed E-state index contributed by atoms with van der Waals surface area (Å²) >= 11 is 0. The van der Waals surface area contributed by atoms with Gasteiger partial charge < -0.3 is 25.5 Å². The highest BCUT2D eigenvalue weighted by atomic mass is 19.1. The second-order valence-corrected chi connectivity index (χ2v) is 7.70. The molecule has 0 radical (unpaired) electrons. The van der Waals surface area contributed by atoms with E-state index in [4.69, 9.17) is 10.5 Å². The van der Waals surface area contributed by atoms with Crippen LogP contribution >= 0.6 is 0 Å². The van der Waals surface area contributed by atoms with Gasteiger partial charge >= 0.3 is 6.03 Å². The van der Waals surface area contributed by atoms with Crippen LogP contribution in [0.5, 0.6) is 11.6 Å². The van der Waals surface area contributed by atoms with E-state index in [9.17, 15) is 23.9 Å². The molecule has 0 unspecified atom stereocenters. The van der Waals surface area contributed by atoms with Crippen molar-refractivity contribution in [3.63, 3.8) is 0 Å². The quantitative estimate of drug-likeness (QED) is 0.416. The zero-order valence-corrected chi connectivity index (χ0v) is 17.1. The molecule has 32 heavy (non-hydrogen) atoms. The predicted molar refractivity (Wildman–Crippen MR) is 113 cm³/mol. The second kappa shape index (κ2) is 7.88. The molecule has 10 heteroatoms. The van der Waals surface area contributed by atoms with E-state index >= 15 is 0 Å². The Kier molecular flexibility index (Phi) is 5.21. The lowest BCUT2D eigenvalue weighted by Crippen LogP contribution is -2.50. The third kappa shape index (κ3) is 3.70. The SMILES string of the molecule is COc1ccc2cn(C[C@@]3(CCc4ccc(F)c(C(N)=O)c4)NC(=O)NC3=O)c(O)c2c1. The summed E-state index contributed by atoms with van der Waals surface area (Å²) in [5.74, 6) is -1.69. The number of fused-ring (bicyclic) bond motifs is 1. The Morgan fingerprint density at radius 3 is 2.69 bits per heavy atom. The third-order valence-corrected chi connectivity index (χ3v) is 5.66. The van der Waals surface area contributed by atoms with Crippen LogP contribution in [0.25, 0.3) is 10.8 Å². The maximum absolute atomic E-state index is 13.8. The molecule has 1 fully saturated rings.